The molecule has 0 unspecified atom stereocenters. The van der Waals surface area contributed by atoms with Crippen molar-refractivity contribution in [1.82, 2.24) is 0 Å². The fraction of sp³-hybridized carbons (Fsp3) is 0.286. The molecule has 0 saturated carbocycles. The van der Waals surface area contributed by atoms with Gasteiger partial charge in [-0.15, -0.1) is 0 Å². The second kappa shape index (κ2) is 11.0. The van der Waals surface area contributed by atoms with Crippen molar-refractivity contribution < 1.29 is 28.2 Å². The highest BCUT2D eigenvalue weighted by Gasteiger charge is 2.21. The molecule has 0 aliphatic heterocycles. The smallest absolute Gasteiger partial charge is 0.341 e. The highest BCUT2D eigenvalue weighted by atomic mass is 19.1. The van der Waals surface area contributed by atoms with Crippen LogP contribution in [0.15, 0.2) is 72.8 Å². The van der Waals surface area contributed by atoms with Crippen LogP contribution in [-0.4, -0.2) is 23.6 Å². The van der Waals surface area contributed by atoms with Crippen LogP contribution in [0.3, 0.4) is 0 Å². The maximum Gasteiger partial charge on any atom is 0.341 e. The van der Waals surface area contributed by atoms with Crippen LogP contribution in [0, 0.1) is 5.82 Å². The van der Waals surface area contributed by atoms with Gasteiger partial charge in [0.2, 0.25) is 0 Å². The van der Waals surface area contributed by atoms with Gasteiger partial charge in [-0.25, -0.2) is 9.18 Å². The minimum absolute atomic E-state index is 0.0626. The highest BCUT2D eigenvalue weighted by molar-refractivity contribution is 5.90. The molecule has 0 aliphatic rings. The maximum absolute atomic E-state index is 14.8. The third-order valence-electron chi connectivity index (χ3n) is 4.80. The third-order valence-corrected chi connectivity index (χ3v) is 4.80. The highest BCUT2D eigenvalue weighted by Crippen LogP contribution is 2.32. The summed E-state index contributed by atoms with van der Waals surface area (Å²) in [6, 6.07) is 20.7. The van der Waals surface area contributed by atoms with Gasteiger partial charge in [0.15, 0.2) is 0 Å². The summed E-state index contributed by atoms with van der Waals surface area (Å²) in [6.07, 6.45) is -0.375. The minimum Gasteiger partial charge on any atom is -0.489 e. The first-order valence-electron chi connectivity index (χ1n) is 11.1. The molecule has 0 N–H and O–H groups in total. The first-order chi connectivity index (χ1) is 16.1. The van der Waals surface area contributed by atoms with E-state index in [0.29, 0.717) is 16.9 Å². The molecule has 0 spiro atoms. The van der Waals surface area contributed by atoms with Gasteiger partial charge in [-0.1, -0.05) is 54.6 Å². The summed E-state index contributed by atoms with van der Waals surface area (Å²) in [5.74, 6) is -1.28. The van der Waals surface area contributed by atoms with Crippen molar-refractivity contribution >= 4 is 11.9 Å². The molecule has 1 atom stereocenters. The molecule has 0 aliphatic carbocycles. The van der Waals surface area contributed by atoms with E-state index in [9.17, 15) is 14.0 Å². The van der Waals surface area contributed by atoms with E-state index in [0.717, 1.165) is 5.56 Å². The van der Waals surface area contributed by atoms with Crippen LogP contribution < -0.4 is 4.74 Å². The minimum atomic E-state index is -0.733. The van der Waals surface area contributed by atoms with Gasteiger partial charge in [-0.3, -0.25) is 4.79 Å². The fourth-order valence-electron chi connectivity index (χ4n) is 3.33. The SMILES string of the molecule is C[C@H](CC(=O)OC(C)(C)C)Oc1ccccc1-c1ccc(C(=O)OCc2ccccc2)c(F)c1. The lowest BCUT2D eigenvalue weighted by Crippen LogP contribution is -2.27. The predicted octanol–water partition coefficient (Wildman–Crippen LogP) is 6.35. The molecule has 0 bridgehead atoms. The third kappa shape index (κ3) is 7.17. The summed E-state index contributed by atoms with van der Waals surface area (Å²) in [7, 11) is 0. The standard InChI is InChI=1S/C28H29FO5/c1-19(16-26(30)34-28(2,3)4)33-25-13-9-8-12-22(25)21-14-15-23(24(29)17-21)27(31)32-18-20-10-6-5-7-11-20/h5-15,17,19H,16,18H2,1-4H3/t19-/m1/s1. The largest absolute Gasteiger partial charge is 0.489 e. The predicted molar refractivity (Wildman–Crippen MR) is 128 cm³/mol. The van der Waals surface area contributed by atoms with E-state index in [1.807, 2.05) is 30.3 Å². The fourth-order valence-corrected chi connectivity index (χ4v) is 3.33. The van der Waals surface area contributed by atoms with Gasteiger partial charge in [0.1, 0.15) is 29.9 Å². The number of benzene rings is 3. The van der Waals surface area contributed by atoms with E-state index in [1.54, 1.807) is 58.0 Å². The molecule has 6 heteroatoms. The van der Waals surface area contributed by atoms with Gasteiger partial charge in [0.25, 0.3) is 0 Å². The molecule has 5 nitrogen and oxygen atoms in total. The first-order valence-corrected chi connectivity index (χ1v) is 11.1. The summed E-state index contributed by atoms with van der Waals surface area (Å²) in [5.41, 5.74) is 1.28. The number of carbonyl (C=O) groups is 2. The van der Waals surface area contributed by atoms with Crippen LogP contribution >= 0.6 is 0 Å². The number of hydrogen-bond donors (Lipinski definition) is 0. The zero-order valence-corrected chi connectivity index (χ0v) is 19.8. The van der Waals surface area contributed by atoms with Crippen LogP contribution in [0.25, 0.3) is 11.1 Å². The number of ether oxygens (including phenoxy) is 3. The van der Waals surface area contributed by atoms with Crippen molar-refractivity contribution in [2.75, 3.05) is 0 Å². The summed E-state index contributed by atoms with van der Waals surface area (Å²) in [6.45, 7) is 7.25. The van der Waals surface area contributed by atoms with Crippen molar-refractivity contribution in [2.45, 2.75) is 52.4 Å². The summed E-state index contributed by atoms with van der Waals surface area (Å²) < 4.78 is 31.4. The average Bonchev–Trinajstić information content (AvgIpc) is 2.77. The van der Waals surface area contributed by atoms with Crippen molar-refractivity contribution in [3.63, 3.8) is 0 Å². The second-order valence-corrected chi connectivity index (χ2v) is 8.97. The Bertz CT molecular complexity index is 1140. The van der Waals surface area contributed by atoms with Gasteiger partial charge in [0, 0.05) is 5.56 Å². The maximum atomic E-state index is 14.8. The van der Waals surface area contributed by atoms with Crippen LogP contribution in [0.2, 0.25) is 0 Å². The number of rotatable bonds is 8. The zero-order valence-electron chi connectivity index (χ0n) is 19.8. The number of halogens is 1. The Kier molecular flexibility index (Phi) is 8.05. The van der Waals surface area contributed by atoms with Gasteiger partial charge >= 0.3 is 11.9 Å². The molecule has 0 radical (unpaired) electrons. The quantitative estimate of drug-likeness (QED) is 0.364. The van der Waals surface area contributed by atoms with E-state index in [-0.39, 0.29) is 24.6 Å². The Morgan fingerprint density at radius 2 is 1.62 bits per heavy atom. The number of hydrogen-bond acceptors (Lipinski definition) is 5. The molecule has 0 amide bonds. The van der Waals surface area contributed by atoms with Crippen LogP contribution in [0.1, 0.15) is 50.0 Å². The van der Waals surface area contributed by atoms with Crippen molar-refractivity contribution in [2.24, 2.45) is 0 Å². The molecule has 3 aromatic carbocycles. The Morgan fingerprint density at radius 3 is 2.29 bits per heavy atom. The van der Waals surface area contributed by atoms with Crippen LogP contribution in [-0.2, 0) is 20.9 Å². The molecule has 0 aromatic heterocycles. The van der Waals surface area contributed by atoms with E-state index < -0.39 is 23.5 Å². The van der Waals surface area contributed by atoms with Crippen LogP contribution in [0.4, 0.5) is 4.39 Å². The number of carbonyl (C=O) groups excluding carboxylic acids is 2. The summed E-state index contributed by atoms with van der Waals surface area (Å²) in [4.78, 5) is 24.5. The molecule has 0 fully saturated rings. The van der Waals surface area contributed by atoms with E-state index in [1.165, 1.54) is 12.1 Å². The van der Waals surface area contributed by atoms with Gasteiger partial charge < -0.3 is 14.2 Å². The Morgan fingerprint density at radius 1 is 0.941 bits per heavy atom. The normalized spacial score (nSPS) is 12.0. The monoisotopic (exact) mass is 464 g/mol. The average molecular weight is 465 g/mol. The summed E-state index contributed by atoms with van der Waals surface area (Å²) in [5, 5.41) is 0. The zero-order chi connectivity index (χ0) is 24.7. The van der Waals surface area contributed by atoms with Gasteiger partial charge in [-0.2, -0.15) is 0 Å². The van der Waals surface area contributed by atoms with Crippen LogP contribution in [0.5, 0.6) is 5.75 Å². The second-order valence-electron chi connectivity index (χ2n) is 8.97. The van der Waals surface area contributed by atoms with Crippen molar-refractivity contribution in [3.05, 3.63) is 89.7 Å². The lowest BCUT2D eigenvalue weighted by Gasteiger charge is -2.22. The molecule has 34 heavy (non-hydrogen) atoms. The van der Waals surface area contributed by atoms with Crippen molar-refractivity contribution in [1.29, 1.82) is 0 Å². The Hall–Kier alpha value is -3.67. The first kappa shape index (κ1) is 25.0. The Labute approximate surface area is 199 Å². The number of para-hydroxylation sites is 1. The van der Waals surface area contributed by atoms with Gasteiger partial charge in [0.05, 0.1) is 12.0 Å². The topological polar surface area (TPSA) is 61.8 Å². The number of esters is 2. The molecule has 178 valence electrons. The molecular formula is C28H29FO5. The molecular weight excluding hydrogens is 435 g/mol. The van der Waals surface area contributed by atoms with E-state index in [2.05, 4.69) is 0 Å². The van der Waals surface area contributed by atoms with E-state index in [4.69, 9.17) is 14.2 Å². The van der Waals surface area contributed by atoms with E-state index >= 15 is 0 Å². The lowest BCUT2D eigenvalue weighted by atomic mass is 10.0. The molecule has 0 saturated heterocycles. The summed E-state index contributed by atoms with van der Waals surface area (Å²) >= 11 is 0. The van der Waals surface area contributed by atoms with Crippen molar-refractivity contribution in [3.8, 4) is 16.9 Å². The Balaban J connectivity index is 1.71. The lowest BCUT2D eigenvalue weighted by molar-refractivity contribution is -0.156. The molecule has 3 aromatic rings. The molecule has 0 heterocycles. The van der Waals surface area contributed by atoms with Gasteiger partial charge in [-0.05, 0) is 57.0 Å². The molecule has 3 rings (SSSR count).